The van der Waals surface area contributed by atoms with Crippen LogP contribution in [0.1, 0.15) is 24.8 Å². The molecule has 0 radical (unpaired) electrons. The zero-order chi connectivity index (χ0) is 10.8. The van der Waals surface area contributed by atoms with Gasteiger partial charge in [-0.3, -0.25) is 0 Å². The Morgan fingerprint density at radius 3 is 2.40 bits per heavy atom. The molecule has 82 valence electrons. The van der Waals surface area contributed by atoms with Gasteiger partial charge in [-0.15, -0.1) is 11.6 Å². The van der Waals surface area contributed by atoms with Gasteiger partial charge in [-0.2, -0.15) is 0 Å². The number of hydrogen-bond acceptors (Lipinski definition) is 0. The Morgan fingerprint density at radius 1 is 1.27 bits per heavy atom. The fourth-order valence-electron chi connectivity index (χ4n) is 1.75. The van der Waals surface area contributed by atoms with Crippen LogP contribution in [-0.4, -0.2) is 5.38 Å². The Hall–Kier alpha value is -0.630. The third-order valence-electron chi connectivity index (χ3n) is 2.87. The number of rotatable bonds is 4. The molecule has 15 heavy (non-hydrogen) atoms. The monoisotopic (exact) mass is 230 g/mol. The summed E-state index contributed by atoms with van der Waals surface area (Å²) in [6.45, 7) is 0. The van der Waals surface area contributed by atoms with Crippen molar-refractivity contribution < 1.29 is 8.78 Å². The minimum Gasteiger partial charge on any atom is -0.207 e. The van der Waals surface area contributed by atoms with Crippen LogP contribution in [0.2, 0.25) is 0 Å². The summed E-state index contributed by atoms with van der Waals surface area (Å²) in [5.41, 5.74) is 0.170. The molecule has 1 unspecified atom stereocenters. The van der Waals surface area contributed by atoms with Gasteiger partial charge in [0.05, 0.1) is 0 Å². The van der Waals surface area contributed by atoms with Crippen molar-refractivity contribution >= 4 is 11.6 Å². The highest BCUT2D eigenvalue weighted by molar-refractivity contribution is 6.20. The third-order valence-corrected chi connectivity index (χ3v) is 3.44. The first-order valence-corrected chi connectivity index (χ1v) is 5.69. The third kappa shape index (κ3) is 2.69. The van der Waals surface area contributed by atoms with Crippen LogP contribution in [0.25, 0.3) is 0 Å². The van der Waals surface area contributed by atoms with E-state index in [1.807, 2.05) is 0 Å². The van der Waals surface area contributed by atoms with Crippen LogP contribution in [-0.2, 0) is 6.42 Å². The Labute approximate surface area is 93.2 Å². The smallest absolute Gasteiger partial charge is 0.129 e. The molecule has 0 heterocycles. The van der Waals surface area contributed by atoms with Gasteiger partial charge in [0.25, 0.3) is 0 Å². The lowest BCUT2D eigenvalue weighted by atomic mass is 10.1. The molecule has 0 amide bonds. The fraction of sp³-hybridized carbons (Fsp3) is 0.500. The summed E-state index contributed by atoms with van der Waals surface area (Å²) in [7, 11) is 0. The molecule has 0 bridgehead atoms. The maximum atomic E-state index is 13.2. The lowest BCUT2D eigenvalue weighted by Crippen LogP contribution is -2.05. The molecule has 1 fully saturated rings. The van der Waals surface area contributed by atoms with E-state index in [0.29, 0.717) is 18.8 Å². The molecular formula is C12H13ClF2. The fourth-order valence-corrected chi connectivity index (χ4v) is 2.11. The molecule has 1 aromatic rings. The zero-order valence-electron chi connectivity index (χ0n) is 8.35. The van der Waals surface area contributed by atoms with Crippen molar-refractivity contribution in [3.63, 3.8) is 0 Å². The van der Waals surface area contributed by atoms with E-state index in [0.717, 1.165) is 12.8 Å². The normalized spacial score (nSPS) is 17.8. The van der Waals surface area contributed by atoms with Gasteiger partial charge in [-0.1, -0.05) is 6.07 Å². The lowest BCUT2D eigenvalue weighted by molar-refractivity contribution is 0.543. The number of benzene rings is 1. The van der Waals surface area contributed by atoms with E-state index >= 15 is 0 Å². The van der Waals surface area contributed by atoms with Crippen LogP contribution < -0.4 is 0 Å². The van der Waals surface area contributed by atoms with E-state index in [9.17, 15) is 8.78 Å². The van der Waals surface area contributed by atoms with E-state index in [4.69, 9.17) is 11.6 Å². The molecule has 0 nitrogen and oxygen atoms in total. The Kier molecular flexibility index (Phi) is 3.25. The van der Waals surface area contributed by atoms with E-state index < -0.39 is 11.6 Å². The highest BCUT2D eigenvalue weighted by Crippen LogP contribution is 2.37. The van der Waals surface area contributed by atoms with Gasteiger partial charge in [-0.05, 0) is 43.7 Å². The van der Waals surface area contributed by atoms with Crippen LogP contribution in [0.4, 0.5) is 8.78 Å². The van der Waals surface area contributed by atoms with E-state index in [1.165, 1.54) is 18.2 Å². The average Bonchev–Trinajstić information content (AvgIpc) is 2.99. The summed E-state index contributed by atoms with van der Waals surface area (Å²) in [5.74, 6) is -0.356. The van der Waals surface area contributed by atoms with Crippen molar-refractivity contribution in [1.29, 1.82) is 0 Å². The summed E-state index contributed by atoms with van der Waals surface area (Å²) in [4.78, 5) is 0. The first-order valence-electron chi connectivity index (χ1n) is 5.25. The molecule has 1 aliphatic carbocycles. The molecule has 1 saturated carbocycles. The SMILES string of the molecule is Fc1cccc(F)c1CCC(Cl)C1CC1. The second-order valence-electron chi connectivity index (χ2n) is 4.09. The summed E-state index contributed by atoms with van der Waals surface area (Å²) in [6, 6.07) is 3.96. The van der Waals surface area contributed by atoms with Crippen LogP contribution >= 0.6 is 11.6 Å². The molecular weight excluding hydrogens is 218 g/mol. The predicted octanol–water partition coefficient (Wildman–Crippen LogP) is 3.91. The standard InChI is InChI=1S/C12H13ClF2/c13-10(8-4-5-8)7-6-9-11(14)2-1-3-12(9)15/h1-3,8,10H,4-7H2. The van der Waals surface area contributed by atoms with Crippen LogP contribution in [0.5, 0.6) is 0 Å². The summed E-state index contributed by atoms with van der Waals surface area (Å²) in [5, 5.41) is 0.0732. The van der Waals surface area contributed by atoms with Gasteiger partial charge < -0.3 is 0 Å². The Morgan fingerprint density at radius 2 is 1.87 bits per heavy atom. The predicted molar refractivity (Wildman–Crippen MR) is 57.0 cm³/mol. The molecule has 0 saturated heterocycles. The topological polar surface area (TPSA) is 0 Å². The number of halogens is 3. The molecule has 1 aromatic carbocycles. The molecule has 0 aliphatic heterocycles. The minimum absolute atomic E-state index is 0.0732. The second kappa shape index (κ2) is 4.48. The number of hydrogen-bond donors (Lipinski definition) is 0. The summed E-state index contributed by atoms with van der Waals surface area (Å²) >= 11 is 6.09. The van der Waals surface area contributed by atoms with Gasteiger partial charge in [-0.25, -0.2) is 8.78 Å². The van der Waals surface area contributed by atoms with Crippen LogP contribution in [0.15, 0.2) is 18.2 Å². The molecule has 1 aliphatic rings. The van der Waals surface area contributed by atoms with Crippen LogP contribution in [0.3, 0.4) is 0 Å². The van der Waals surface area contributed by atoms with Crippen molar-refractivity contribution in [3.8, 4) is 0 Å². The summed E-state index contributed by atoms with van der Waals surface area (Å²) in [6.07, 6.45) is 3.37. The highest BCUT2D eigenvalue weighted by atomic mass is 35.5. The maximum Gasteiger partial charge on any atom is 0.129 e. The van der Waals surface area contributed by atoms with Gasteiger partial charge >= 0.3 is 0 Å². The van der Waals surface area contributed by atoms with Gasteiger partial charge in [0.1, 0.15) is 11.6 Å². The molecule has 0 aromatic heterocycles. The van der Waals surface area contributed by atoms with E-state index in [-0.39, 0.29) is 10.9 Å². The molecule has 1 atom stereocenters. The number of alkyl halides is 1. The molecule has 2 rings (SSSR count). The lowest BCUT2D eigenvalue weighted by Gasteiger charge is -2.08. The first-order chi connectivity index (χ1) is 7.18. The van der Waals surface area contributed by atoms with Crippen LogP contribution in [0, 0.1) is 17.6 Å². The largest absolute Gasteiger partial charge is 0.207 e. The Balaban J connectivity index is 1.97. The van der Waals surface area contributed by atoms with Gasteiger partial charge in [0, 0.05) is 10.9 Å². The quantitative estimate of drug-likeness (QED) is 0.688. The van der Waals surface area contributed by atoms with Gasteiger partial charge in [0.2, 0.25) is 0 Å². The first kappa shape index (κ1) is 10.9. The van der Waals surface area contributed by atoms with Crippen molar-refractivity contribution in [3.05, 3.63) is 35.4 Å². The second-order valence-corrected chi connectivity index (χ2v) is 4.65. The highest BCUT2D eigenvalue weighted by Gasteiger charge is 2.29. The average molecular weight is 231 g/mol. The van der Waals surface area contributed by atoms with E-state index in [2.05, 4.69) is 0 Å². The van der Waals surface area contributed by atoms with Crippen molar-refractivity contribution in [2.24, 2.45) is 5.92 Å². The summed E-state index contributed by atoms with van der Waals surface area (Å²) < 4.78 is 26.5. The zero-order valence-corrected chi connectivity index (χ0v) is 9.11. The van der Waals surface area contributed by atoms with Gasteiger partial charge in [0.15, 0.2) is 0 Å². The maximum absolute atomic E-state index is 13.2. The minimum atomic E-state index is -0.463. The van der Waals surface area contributed by atoms with Crippen molar-refractivity contribution in [2.45, 2.75) is 31.1 Å². The van der Waals surface area contributed by atoms with Crippen molar-refractivity contribution in [2.75, 3.05) is 0 Å². The molecule has 0 spiro atoms. The Bertz CT molecular complexity index is 327. The molecule has 0 N–H and O–H groups in total. The molecule has 3 heteroatoms. The van der Waals surface area contributed by atoms with E-state index in [1.54, 1.807) is 0 Å². The van der Waals surface area contributed by atoms with Crippen molar-refractivity contribution in [1.82, 2.24) is 0 Å².